The fraction of sp³-hybridized carbons (Fsp3) is 0.273. The van der Waals surface area contributed by atoms with E-state index in [1.807, 2.05) is 0 Å². The van der Waals surface area contributed by atoms with Crippen molar-refractivity contribution in [1.29, 1.82) is 0 Å². The Bertz CT molecular complexity index is 335. The van der Waals surface area contributed by atoms with E-state index in [-0.39, 0.29) is 18.8 Å². The third kappa shape index (κ3) is 3.89. The van der Waals surface area contributed by atoms with Gasteiger partial charge in [-0.3, -0.25) is 9.59 Å². The lowest BCUT2D eigenvalue weighted by Gasteiger charge is -2.01. The maximum Gasteiger partial charge on any atom is 0.313 e. The number of carbonyl (C=O) groups is 2. The molecule has 4 heteroatoms. The van der Waals surface area contributed by atoms with Crippen molar-refractivity contribution in [3.63, 3.8) is 0 Å². The molecule has 0 unspecified atom stereocenters. The van der Waals surface area contributed by atoms with E-state index in [4.69, 9.17) is 0 Å². The normalized spacial score (nSPS) is 9.67. The number of hydrogen-bond donors (Lipinski definition) is 0. The summed E-state index contributed by atoms with van der Waals surface area (Å²) in [6, 6.07) is 8.42. The molecule has 3 nitrogen and oxygen atoms in total. The Morgan fingerprint density at radius 2 is 1.87 bits per heavy atom. The van der Waals surface area contributed by atoms with Gasteiger partial charge in [0.25, 0.3) is 0 Å². The first-order valence-corrected chi connectivity index (χ1v) is 4.54. The fourth-order valence-electron chi connectivity index (χ4n) is 1.06. The maximum absolute atomic E-state index is 11.7. The summed E-state index contributed by atoms with van der Waals surface area (Å²) >= 11 is 0. The SMILES string of the molecule is O=C(CC(=O)c1ccccc1)OCCF. The third-order valence-corrected chi connectivity index (χ3v) is 1.74. The Balaban J connectivity index is 2.46. The molecule has 1 aromatic rings. The summed E-state index contributed by atoms with van der Waals surface area (Å²) in [6.45, 7) is -1.02. The van der Waals surface area contributed by atoms with Crippen LogP contribution in [0.15, 0.2) is 30.3 Å². The molecule has 0 fully saturated rings. The number of ketones is 1. The van der Waals surface area contributed by atoms with Crippen LogP contribution in [0, 0.1) is 0 Å². The molecule has 0 amide bonds. The van der Waals surface area contributed by atoms with E-state index < -0.39 is 12.6 Å². The second kappa shape index (κ2) is 5.90. The summed E-state index contributed by atoms with van der Waals surface area (Å²) in [5, 5.41) is 0. The van der Waals surface area contributed by atoms with Crippen molar-refractivity contribution in [2.75, 3.05) is 13.3 Å². The van der Waals surface area contributed by atoms with Crippen molar-refractivity contribution < 1.29 is 18.7 Å². The number of carbonyl (C=O) groups excluding carboxylic acids is 2. The Kier molecular flexibility index (Phi) is 4.47. The quantitative estimate of drug-likeness (QED) is 0.422. The number of esters is 1. The van der Waals surface area contributed by atoms with Crippen molar-refractivity contribution >= 4 is 11.8 Å². The third-order valence-electron chi connectivity index (χ3n) is 1.74. The largest absolute Gasteiger partial charge is 0.463 e. The molecule has 1 rings (SSSR count). The molecule has 1 aromatic carbocycles. The maximum atomic E-state index is 11.7. The number of halogens is 1. The smallest absolute Gasteiger partial charge is 0.313 e. The van der Waals surface area contributed by atoms with Crippen LogP contribution in [-0.4, -0.2) is 25.0 Å². The molecule has 0 aliphatic carbocycles. The summed E-state index contributed by atoms with van der Waals surface area (Å²) in [6.07, 6.45) is -0.343. The highest BCUT2D eigenvalue weighted by molar-refractivity contribution is 6.05. The van der Waals surface area contributed by atoms with Gasteiger partial charge in [-0.05, 0) is 0 Å². The number of benzene rings is 1. The highest BCUT2D eigenvalue weighted by atomic mass is 19.1. The van der Waals surface area contributed by atoms with Gasteiger partial charge in [-0.15, -0.1) is 0 Å². The first kappa shape index (κ1) is 11.4. The number of alkyl halides is 1. The van der Waals surface area contributed by atoms with Crippen molar-refractivity contribution in [3.05, 3.63) is 35.9 Å². The molecule has 0 radical (unpaired) electrons. The highest BCUT2D eigenvalue weighted by Crippen LogP contribution is 2.03. The van der Waals surface area contributed by atoms with Crippen LogP contribution in [0.1, 0.15) is 16.8 Å². The Hall–Kier alpha value is -1.71. The minimum atomic E-state index is -0.731. The molecule has 0 aliphatic rings. The zero-order valence-electron chi connectivity index (χ0n) is 8.11. The van der Waals surface area contributed by atoms with E-state index in [0.29, 0.717) is 5.56 Å². The van der Waals surface area contributed by atoms with Crippen molar-refractivity contribution in [1.82, 2.24) is 0 Å². The Morgan fingerprint density at radius 3 is 2.47 bits per heavy atom. The van der Waals surface area contributed by atoms with Gasteiger partial charge < -0.3 is 4.74 Å². The zero-order chi connectivity index (χ0) is 11.1. The molecular formula is C11H11FO3. The minimum Gasteiger partial charge on any atom is -0.463 e. The molecule has 0 saturated carbocycles. The van der Waals surface area contributed by atoms with Gasteiger partial charge in [-0.25, -0.2) is 4.39 Å². The van der Waals surface area contributed by atoms with Crippen LogP contribution in [-0.2, 0) is 9.53 Å². The summed E-state index contributed by atoms with van der Waals surface area (Å²) in [5.74, 6) is -1.01. The van der Waals surface area contributed by atoms with E-state index in [2.05, 4.69) is 4.74 Å². The number of Topliss-reactive ketones (excluding diaryl/α,β-unsaturated/α-hetero) is 1. The monoisotopic (exact) mass is 210 g/mol. The van der Waals surface area contributed by atoms with Gasteiger partial charge in [0.1, 0.15) is 19.7 Å². The van der Waals surface area contributed by atoms with Gasteiger partial charge in [0.15, 0.2) is 5.78 Å². The molecule has 80 valence electrons. The molecule has 15 heavy (non-hydrogen) atoms. The second-order valence-electron chi connectivity index (χ2n) is 2.88. The summed E-state index contributed by atoms with van der Waals surface area (Å²) in [5.41, 5.74) is 0.453. The van der Waals surface area contributed by atoms with E-state index >= 15 is 0 Å². The first-order valence-electron chi connectivity index (χ1n) is 4.54. The molecule has 0 aliphatic heterocycles. The number of hydrogen-bond acceptors (Lipinski definition) is 3. The highest BCUT2D eigenvalue weighted by Gasteiger charge is 2.11. The van der Waals surface area contributed by atoms with Gasteiger partial charge in [0.2, 0.25) is 0 Å². The van der Waals surface area contributed by atoms with Crippen LogP contribution >= 0.6 is 0 Å². The summed E-state index contributed by atoms with van der Waals surface area (Å²) in [4.78, 5) is 22.4. The standard InChI is InChI=1S/C11H11FO3/c12-6-7-15-11(14)8-10(13)9-4-2-1-3-5-9/h1-5H,6-8H2. The molecule has 0 saturated heterocycles. The molecule has 0 aromatic heterocycles. The lowest BCUT2D eigenvalue weighted by molar-refractivity contribution is -0.142. The molecule has 0 atom stereocenters. The lowest BCUT2D eigenvalue weighted by Crippen LogP contribution is -2.12. The van der Waals surface area contributed by atoms with Gasteiger partial charge in [-0.2, -0.15) is 0 Å². The Morgan fingerprint density at radius 1 is 1.20 bits per heavy atom. The minimum absolute atomic E-state index is 0.291. The topological polar surface area (TPSA) is 43.4 Å². The second-order valence-corrected chi connectivity index (χ2v) is 2.88. The average molecular weight is 210 g/mol. The zero-order valence-corrected chi connectivity index (χ0v) is 8.11. The molecule has 0 N–H and O–H groups in total. The molecule has 0 bridgehead atoms. The van der Waals surface area contributed by atoms with E-state index in [9.17, 15) is 14.0 Å². The van der Waals surface area contributed by atoms with Gasteiger partial charge in [0.05, 0.1) is 0 Å². The predicted molar refractivity (Wildman–Crippen MR) is 52.3 cm³/mol. The first-order chi connectivity index (χ1) is 7.24. The fourth-order valence-corrected chi connectivity index (χ4v) is 1.06. The van der Waals surface area contributed by atoms with Gasteiger partial charge in [-0.1, -0.05) is 30.3 Å². The average Bonchev–Trinajstić information content (AvgIpc) is 2.27. The van der Waals surface area contributed by atoms with Crippen LogP contribution in [0.4, 0.5) is 4.39 Å². The summed E-state index contributed by atoms with van der Waals surface area (Å²) in [7, 11) is 0. The molecule has 0 spiro atoms. The Labute approximate surface area is 86.9 Å². The van der Waals surface area contributed by atoms with Crippen LogP contribution < -0.4 is 0 Å². The van der Waals surface area contributed by atoms with Crippen LogP contribution in [0.2, 0.25) is 0 Å². The number of rotatable bonds is 5. The van der Waals surface area contributed by atoms with Crippen molar-refractivity contribution in [3.8, 4) is 0 Å². The van der Waals surface area contributed by atoms with Crippen molar-refractivity contribution in [2.24, 2.45) is 0 Å². The molecule has 0 heterocycles. The van der Waals surface area contributed by atoms with Crippen LogP contribution in [0.3, 0.4) is 0 Å². The number of ether oxygens (including phenoxy) is 1. The molecular weight excluding hydrogens is 199 g/mol. The lowest BCUT2D eigenvalue weighted by atomic mass is 10.1. The van der Waals surface area contributed by atoms with Crippen LogP contribution in [0.25, 0.3) is 0 Å². The van der Waals surface area contributed by atoms with E-state index in [1.165, 1.54) is 0 Å². The van der Waals surface area contributed by atoms with Crippen LogP contribution in [0.5, 0.6) is 0 Å². The van der Waals surface area contributed by atoms with Crippen molar-refractivity contribution in [2.45, 2.75) is 6.42 Å². The van der Waals surface area contributed by atoms with E-state index in [1.54, 1.807) is 30.3 Å². The predicted octanol–water partition coefficient (Wildman–Crippen LogP) is 1.77. The van der Waals surface area contributed by atoms with E-state index in [0.717, 1.165) is 0 Å². The van der Waals surface area contributed by atoms with Gasteiger partial charge >= 0.3 is 5.97 Å². The van der Waals surface area contributed by atoms with Gasteiger partial charge in [0, 0.05) is 5.56 Å². The summed E-state index contributed by atoms with van der Waals surface area (Å²) < 4.78 is 16.1.